The van der Waals surface area contributed by atoms with Crippen molar-refractivity contribution in [2.75, 3.05) is 5.32 Å². The lowest BCUT2D eigenvalue weighted by Gasteiger charge is -2.29. The van der Waals surface area contributed by atoms with Crippen LogP contribution in [0.25, 0.3) is 0 Å². The molecule has 0 bridgehead atoms. The van der Waals surface area contributed by atoms with Crippen molar-refractivity contribution in [3.63, 3.8) is 0 Å². The molecule has 0 aromatic carbocycles. The number of aromatic nitrogens is 1. The van der Waals surface area contributed by atoms with Crippen LogP contribution in [-0.2, 0) is 0 Å². The number of nitrogens with zero attached hydrogens (tertiary/aromatic N) is 1. The van der Waals surface area contributed by atoms with Gasteiger partial charge >= 0.3 is 0 Å². The molecule has 0 amide bonds. The van der Waals surface area contributed by atoms with Crippen LogP contribution in [0.5, 0.6) is 0 Å². The number of nitrogens with one attached hydrogen (secondary N) is 1. The standard InChI is InChI=1S/C14H21N3OS/c1-8-7-9(2)16-14(12(8)13(15)19)17-10-5-3-4-6-11(10)18/h7,10-11,18H,3-6H2,1-2H3,(H2,15,19)(H,16,17). The Kier molecular flexibility index (Phi) is 4.37. The van der Waals surface area contributed by atoms with Crippen LogP contribution in [0, 0.1) is 13.8 Å². The van der Waals surface area contributed by atoms with Crippen LogP contribution < -0.4 is 11.1 Å². The topological polar surface area (TPSA) is 71.2 Å². The van der Waals surface area contributed by atoms with Crippen molar-refractivity contribution in [2.45, 2.75) is 51.7 Å². The summed E-state index contributed by atoms with van der Waals surface area (Å²) in [7, 11) is 0. The number of pyridine rings is 1. The number of thiocarbonyl (C=S) groups is 1. The molecule has 0 spiro atoms. The predicted molar refractivity (Wildman–Crippen MR) is 81.5 cm³/mol. The van der Waals surface area contributed by atoms with Crippen LogP contribution in [0.2, 0.25) is 0 Å². The Bertz CT molecular complexity index is 490. The molecule has 1 heterocycles. The molecular weight excluding hydrogens is 258 g/mol. The molecule has 1 aromatic heterocycles. The largest absolute Gasteiger partial charge is 0.391 e. The van der Waals surface area contributed by atoms with E-state index < -0.39 is 0 Å². The number of hydrogen-bond acceptors (Lipinski definition) is 4. The normalized spacial score (nSPS) is 23.1. The van der Waals surface area contributed by atoms with Gasteiger partial charge in [0.2, 0.25) is 0 Å². The second-order valence-electron chi connectivity index (χ2n) is 5.27. The summed E-state index contributed by atoms with van der Waals surface area (Å²) >= 11 is 5.11. The highest BCUT2D eigenvalue weighted by atomic mass is 32.1. The molecule has 5 heteroatoms. The summed E-state index contributed by atoms with van der Waals surface area (Å²) in [5.74, 6) is 0.705. The first kappa shape index (κ1) is 14.2. The van der Waals surface area contributed by atoms with E-state index in [0.717, 1.165) is 42.5 Å². The molecule has 2 rings (SSSR count). The summed E-state index contributed by atoms with van der Waals surface area (Å²) in [6.45, 7) is 3.92. The molecule has 2 unspecified atom stereocenters. The molecule has 0 saturated heterocycles. The number of nitrogens with two attached hydrogens (primary N) is 1. The number of anilines is 1. The smallest absolute Gasteiger partial charge is 0.137 e. The van der Waals surface area contributed by atoms with E-state index in [9.17, 15) is 5.11 Å². The lowest BCUT2D eigenvalue weighted by molar-refractivity contribution is 0.116. The summed E-state index contributed by atoms with van der Waals surface area (Å²) in [5, 5.41) is 13.4. The predicted octanol–water partition coefficient (Wildman–Crippen LogP) is 2.05. The van der Waals surface area contributed by atoms with E-state index in [-0.39, 0.29) is 12.1 Å². The van der Waals surface area contributed by atoms with Gasteiger partial charge in [-0.3, -0.25) is 0 Å². The molecule has 4 nitrogen and oxygen atoms in total. The summed E-state index contributed by atoms with van der Waals surface area (Å²) in [4.78, 5) is 4.84. The lowest BCUT2D eigenvalue weighted by atomic mass is 9.92. The van der Waals surface area contributed by atoms with Crippen molar-refractivity contribution in [2.24, 2.45) is 5.73 Å². The van der Waals surface area contributed by atoms with Gasteiger partial charge in [0.25, 0.3) is 0 Å². The van der Waals surface area contributed by atoms with E-state index in [4.69, 9.17) is 18.0 Å². The van der Waals surface area contributed by atoms with Gasteiger partial charge in [0, 0.05) is 5.69 Å². The van der Waals surface area contributed by atoms with Crippen LogP contribution in [0.3, 0.4) is 0 Å². The van der Waals surface area contributed by atoms with Gasteiger partial charge in [-0.05, 0) is 38.3 Å². The zero-order chi connectivity index (χ0) is 14.0. The molecule has 2 atom stereocenters. The summed E-state index contributed by atoms with van der Waals surface area (Å²) in [6, 6.07) is 2.01. The Morgan fingerprint density at radius 3 is 2.74 bits per heavy atom. The maximum atomic E-state index is 10.0. The van der Waals surface area contributed by atoms with Gasteiger partial charge < -0.3 is 16.2 Å². The van der Waals surface area contributed by atoms with Crippen LogP contribution >= 0.6 is 12.2 Å². The van der Waals surface area contributed by atoms with E-state index in [2.05, 4.69) is 10.3 Å². The van der Waals surface area contributed by atoms with Crippen LogP contribution in [-0.4, -0.2) is 27.2 Å². The van der Waals surface area contributed by atoms with Crippen LogP contribution in [0.15, 0.2) is 6.07 Å². The minimum absolute atomic E-state index is 0.0375. The van der Waals surface area contributed by atoms with Crippen LogP contribution in [0.4, 0.5) is 5.82 Å². The van der Waals surface area contributed by atoms with Crippen molar-refractivity contribution in [1.29, 1.82) is 0 Å². The fourth-order valence-electron chi connectivity index (χ4n) is 2.71. The monoisotopic (exact) mass is 279 g/mol. The van der Waals surface area contributed by atoms with Crippen molar-refractivity contribution in [3.05, 3.63) is 22.9 Å². The SMILES string of the molecule is Cc1cc(C)c(C(N)=S)c(NC2CCCCC2O)n1. The Morgan fingerprint density at radius 1 is 1.42 bits per heavy atom. The highest BCUT2D eigenvalue weighted by molar-refractivity contribution is 7.80. The molecular formula is C14H21N3OS. The van der Waals surface area contributed by atoms with E-state index in [1.807, 2.05) is 19.9 Å². The highest BCUT2D eigenvalue weighted by Gasteiger charge is 2.24. The maximum absolute atomic E-state index is 10.0. The first-order chi connectivity index (χ1) is 8.99. The molecule has 0 aliphatic heterocycles. The number of aliphatic hydroxyl groups is 1. The second-order valence-corrected chi connectivity index (χ2v) is 5.71. The Hall–Kier alpha value is -1.20. The molecule has 0 radical (unpaired) electrons. The van der Waals surface area contributed by atoms with Crippen molar-refractivity contribution >= 4 is 23.0 Å². The lowest BCUT2D eigenvalue weighted by Crippen LogP contribution is -2.37. The number of rotatable bonds is 3. The van der Waals surface area contributed by atoms with Crippen molar-refractivity contribution in [3.8, 4) is 0 Å². The first-order valence-corrected chi connectivity index (χ1v) is 7.12. The fourth-order valence-corrected chi connectivity index (χ4v) is 2.97. The van der Waals surface area contributed by atoms with E-state index >= 15 is 0 Å². The molecule has 104 valence electrons. The molecule has 4 N–H and O–H groups in total. The third-order valence-corrected chi connectivity index (χ3v) is 3.85. The zero-order valence-electron chi connectivity index (χ0n) is 11.4. The molecule has 19 heavy (non-hydrogen) atoms. The third kappa shape index (κ3) is 3.22. The van der Waals surface area contributed by atoms with Crippen molar-refractivity contribution in [1.82, 2.24) is 4.98 Å². The van der Waals surface area contributed by atoms with Gasteiger partial charge in [0.15, 0.2) is 0 Å². The summed E-state index contributed by atoms with van der Waals surface area (Å²) in [6.07, 6.45) is 3.68. The minimum Gasteiger partial charge on any atom is -0.391 e. The Balaban J connectivity index is 2.30. The Morgan fingerprint density at radius 2 is 2.11 bits per heavy atom. The third-order valence-electron chi connectivity index (χ3n) is 3.64. The zero-order valence-corrected chi connectivity index (χ0v) is 12.3. The molecule has 1 aliphatic rings. The van der Waals surface area contributed by atoms with Gasteiger partial charge in [-0.25, -0.2) is 4.98 Å². The van der Waals surface area contributed by atoms with Gasteiger partial charge in [-0.1, -0.05) is 25.1 Å². The second kappa shape index (κ2) is 5.84. The van der Waals surface area contributed by atoms with Crippen LogP contribution in [0.1, 0.15) is 42.5 Å². The molecule has 1 aliphatic carbocycles. The average molecular weight is 279 g/mol. The molecule has 1 aromatic rings. The fraction of sp³-hybridized carbons (Fsp3) is 0.571. The molecule has 1 saturated carbocycles. The quantitative estimate of drug-likeness (QED) is 0.739. The number of aryl methyl sites for hydroxylation is 2. The van der Waals surface area contributed by atoms with Gasteiger partial charge in [0.05, 0.1) is 17.7 Å². The molecule has 1 fully saturated rings. The number of hydrogen-bond donors (Lipinski definition) is 3. The average Bonchev–Trinajstić information content (AvgIpc) is 2.30. The Labute approximate surface area is 119 Å². The van der Waals surface area contributed by atoms with E-state index in [0.29, 0.717) is 10.8 Å². The summed E-state index contributed by atoms with van der Waals surface area (Å²) < 4.78 is 0. The number of aliphatic hydroxyl groups excluding tert-OH is 1. The van der Waals surface area contributed by atoms with Gasteiger partial charge in [-0.15, -0.1) is 0 Å². The van der Waals surface area contributed by atoms with E-state index in [1.165, 1.54) is 0 Å². The minimum atomic E-state index is -0.324. The van der Waals surface area contributed by atoms with Gasteiger partial charge in [0.1, 0.15) is 10.8 Å². The highest BCUT2D eigenvalue weighted by Crippen LogP contribution is 2.25. The van der Waals surface area contributed by atoms with E-state index in [1.54, 1.807) is 0 Å². The van der Waals surface area contributed by atoms with Crippen molar-refractivity contribution < 1.29 is 5.11 Å². The summed E-state index contributed by atoms with van der Waals surface area (Å²) in [5.41, 5.74) is 8.53. The van der Waals surface area contributed by atoms with Gasteiger partial charge in [-0.2, -0.15) is 0 Å². The maximum Gasteiger partial charge on any atom is 0.137 e. The first-order valence-electron chi connectivity index (χ1n) is 6.71.